The van der Waals surface area contributed by atoms with E-state index in [1.807, 2.05) is 0 Å². The van der Waals surface area contributed by atoms with Crippen LogP contribution < -0.4 is 0 Å². The summed E-state index contributed by atoms with van der Waals surface area (Å²) in [4.78, 5) is 0. The van der Waals surface area contributed by atoms with Crippen LogP contribution in [-0.2, 0) is 9.47 Å². The highest BCUT2D eigenvalue weighted by atomic mass is 19.4. The number of alkyl halides is 5. The highest BCUT2D eigenvalue weighted by Gasteiger charge is 2.56. The van der Waals surface area contributed by atoms with Crippen molar-refractivity contribution in [2.75, 3.05) is 19.8 Å². The molecule has 1 saturated heterocycles. The monoisotopic (exact) mass is 346 g/mol. The molecule has 1 rings (SSSR count). The van der Waals surface area contributed by atoms with Crippen LogP contribution in [0.1, 0.15) is 64.2 Å². The minimum Gasteiger partial charge on any atom is -0.381 e. The molecule has 1 aliphatic rings. The van der Waals surface area contributed by atoms with E-state index in [1.165, 1.54) is 0 Å². The van der Waals surface area contributed by atoms with Crippen LogP contribution in [0.4, 0.5) is 22.0 Å². The molecule has 0 N–H and O–H groups in total. The van der Waals surface area contributed by atoms with Crippen molar-refractivity contribution in [2.24, 2.45) is 0 Å². The van der Waals surface area contributed by atoms with Crippen molar-refractivity contribution in [1.29, 1.82) is 0 Å². The van der Waals surface area contributed by atoms with E-state index in [0.29, 0.717) is 32.2 Å². The van der Waals surface area contributed by atoms with Crippen LogP contribution >= 0.6 is 0 Å². The van der Waals surface area contributed by atoms with E-state index < -0.39 is 18.5 Å². The Balaban J connectivity index is 1.82. The SMILES string of the molecule is FC(F)(F)C(F)(F)CCCCCCCCOCCC1CCCO1. The van der Waals surface area contributed by atoms with Gasteiger partial charge in [0.15, 0.2) is 0 Å². The first-order chi connectivity index (χ1) is 10.8. The maximum absolute atomic E-state index is 12.6. The Hall–Kier alpha value is -0.430. The number of ether oxygens (including phenoxy) is 2. The van der Waals surface area contributed by atoms with E-state index in [0.717, 1.165) is 45.1 Å². The zero-order valence-electron chi connectivity index (χ0n) is 13.5. The van der Waals surface area contributed by atoms with E-state index >= 15 is 0 Å². The third-order valence-corrected chi connectivity index (χ3v) is 4.05. The second kappa shape index (κ2) is 10.4. The molecule has 0 bridgehead atoms. The van der Waals surface area contributed by atoms with Gasteiger partial charge in [-0.2, -0.15) is 22.0 Å². The second-order valence-electron chi connectivity index (χ2n) is 6.11. The average molecular weight is 346 g/mol. The molecule has 0 aromatic heterocycles. The van der Waals surface area contributed by atoms with Gasteiger partial charge in [0.05, 0.1) is 6.10 Å². The van der Waals surface area contributed by atoms with Crippen LogP contribution in [0.3, 0.4) is 0 Å². The fourth-order valence-corrected chi connectivity index (χ4v) is 2.59. The third kappa shape index (κ3) is 8.84. The Morgan fingerprint density at radius 1 is 0.870 bits per heavy atom. The Morgan fingerprint density at radius 2 is 1.52 bits per heavy atom. The van der Waals surface area contributed by atoms with Crippen molar-refractivity contribution < 1.29 is 31.4 Å². The van der Waals surface area contributed by atoms with Gasteiger partial charge >= 0.3 is 12.1 Å². The van der Waals surface area contributed by atoms with E-state index in [4.69, 9.17) is 9.47 Å². The maximum Gasteiger partial charge on any atom is 0.453 e. The number of halogens is 5. The molecule has 0 aliphatic carbocycles. The standard InChI is InChI=1S/C16H27F5O2/c17-15(18,16(19,20)21)10-5-3-1-2-4-6-11-22-13-9-14-8-7-12-23-14/h14H,1-13H2. The van der Waals surface area contributed by atoms with Gasteiger partial charge in [-0.1, -0.05) is 25.7 Å². The first-order valence-electron chi connectivity index (χ1n) is 8.47. The van der Waals surface area contributed by atoms with Crippen molar-refractivity contribution in [3.05, 3.63) is 0 Å². The molecular formula is C16H27F5O2. The smallest absolute Gasteiger partial charge is 0.381 e. The van der Waals surface area contributed by atoms with Gasteiger partial charge in [0.1, 0.15) is 0 Å². The predicted octanol–water partition coefficient (Wildman–Crippen LogP) is 5.50. The average Bonchev–Trinajstić information content (AvgIpc) is 2.96. The lowest BCUT2D eigenvalue weighted by Gasteiger charge is -2.19. The fourth-order valence-electron chi connectivity index (χ4n) is 2.59. The Labute approximate surface area is 134 Å². The summed E-state index contributed by atoms with van der Waals surface area (Å²) in [6.07, 6.45) is 0.608. The first-order valence-corrected chi connectivity index (χ1v) is 8.47. The zero-order valence-corrected chi connectivity index (χ0v) is 13.5. The molecule has 1 fully saturated rings. The fraction of sp³-hybridized carbons (Fsp3) is 1.00. The Morgan fingerprint density at radius 3 is 2.13 bits per heavy atom. The summed E-state index contributed by atoms with van der Waals surface area (Å²) >= 11 is 0. The number of rotatable bonds is 12. The quantitative estimate of drug-likeness (QED) is 0.343. The molecule has 2 nitrogen and oxygen atoms in total. The summed E-state index contributed by atoms with van der Waals surface area (Å²) in [5.41, 5.74) is 0. The van der Waals surface area contributed by atoms with Crippen molar-refractivity contribution in [2.45, 2.75) is 82.4 Å². The lowest BCUT2D eigenvalue weighted by atomic mass is 10.1. The van der Waals surface area contributed by atoms with E-state index in [-0.39, 0.29) is 6.42 Å². The summed E-state index contributed by atoms with van der Waals surface area (Å²) < 4.78 is 72.1. The van der Waals surface area contributed by atoms with Gasteiger partial charge in [-0.15, -0.1) is 0 Å². The van der Waals surface area contributed by atoms with Crippen LogP contribution in [0.5, 0.6) is 0 Å². The lowest BCUT2D eigenvalue weighted by Crippen LogP contribution is -2.36. The maximum atomic E-state index is 12.6. The van der Waals surface area contributed by atoms with Gasteiger partial charge in [-0.25, -0.2) is 0 Å². The third-order valence-electron chi connectivity index (χ3n) is 4.05. The molecule has 1 heterocycles. The highest BCUT2D eigenvalue weighted by Crippen LogP contribution is 2.39. The van der Waals surface area contributed by atoms with Crippen molar-refractivity contribution in [1.82, 2.24) is 0 Å². The lowest BCUT2D eigenvalue weighted by molar-refractivity contribution is -0.284. The molecule has 0 aromatic rings. The summed E-state index contributed by atoms with van der Waals surface area (Å²) in [7, 11) is 0. The minimum absolute atomic E-state index is 0.0929. The molecule has 7 heteroatoms. The summed E-state index contributed by atoms with van der Waals surface area (Å²) in [5.74, 6) is -4.55. The van der Waals surface area contributed by atoms with Gasteiger partial charge in [-0.3, -0.25) is 0 Å². The summed E-state index contributed by atoms with van der Waals surface area (Å²) in [6.45, 7) is 2.20. The summed E-state index contributed by atoms with van der Waals surface area (Å²) in [5, 5.41) is 0. The molecule has 0 aromatic carbocycles. The molecule has 1 atom stereocenters. The van der Waals surface area contributed by atoms with Gasteiger partial charge in [-0.05, 0) is 32.1 Å². The minimum atomic E-state index is -5.42. The summed E-state index contributed by atoms with van der Waals surface area (Å²) in [6, 6.07) is 0. The van der Waals surface area contributed by atoms with Gasteiger partial charge < -0.3 is 9.47 Å². The molecule has 0 amide bonds. The van der Waals surface area contributed by atoms with Crippen LogP contribution in [0, 0.1) is 0 Å². The molecule has 0 spiro atoms. The normalized spacial score (nSPS) is 19.4. The largest absolute Gasteiger partial charge is 0.453 e. The van der Waals surface area contributed by atoms with Crippen LogP contribution in [0.25, 0.3) is 0 Å². The Bertz CT molecular complexity index is 301. The van der Waals surface area contributed by atoms with Crippen LogP contribution in [-0.4, -0.2) is 38.0 Å². The van der Waals surface area contributed by atoms with Gasteiger partial charge in [0.2, 0.25) is 0 Å². The van der Waals surface area contributed by atoms with E-state index in [2.05, 4.69) is 0 Å². The van der Waals surface area contributed by atoms with Crippen molar-refractivity contribution in [3.8, 4) is 0 Å². The first kappa shape index (κ1) is 20.6. The predicted molar refractivity (Wildman–Crippen MR) is 77.7 cm³/mol. The molecule has 0 saturated carbocycles. The van der Waals surface area contributed by atoms with E-state index in [9.17, 15) is 22.0 Å². The zero-order chi connectivity index (χ0) is 17.2. The number of hydrogen-bond acceptors (Lipinski definition) is 2. The van der Waals surface area contributed by atoms with Crippen LogP contribution in [0.15, 0.2) is 0 Å². The van der Waals surface area contributed by atoms with Gasteiger partial charge in [0.25, 0.3) is 0 Å². The molecular weight excluding hydrogens is 319 g/mol. The molecule has 1 unspecified atom stereocenters. The number of unbranched alkanes of at least 4 members (excludes halogenated alkanes) is 5. The van der Waals surface area contributed by atoms with Gasteiger partial charge in [0, 0.05) is 26.2 Å². The number of hydrogen-bond donors (Lipinski definition) is 0. The van der Waals surface area contributed by atoms with Crippen LogP contribution in [0.2, 0.25) is 0 Å². The Kier molecular flexibility index (Phi) is 9.36. The highest BCUT2D eigenvalue weighted by molar-refractivity contribution is 4.75. The molecule has 23 heavy (non-hydrogen) atoms. The molecule has 138 valence electrons. The van der Waals surface area contributed by atoms with E-state index in [1.54, 1.807) is 0 Å². The second-order valence-corrected chi connectivity index (χ2v) is 6.11. The van der Waals surface area contributed by atoms with Crippen molar-refractivity contribution in [3.63, 3.8) is 0 Å². The van der Waals surface area contributed by atoms with Crippen molar-refractivity contribution >= 4 is 0 Å². The molecule has 0 radical (unpaired) electrons. The topological polar surface area (TPSA) is 18.5 Å². The molecule has 1 aliphatic heterocycles.